The van der Waals surface area contributed by atoms with E-state index in [1.165, 1.54) is 0 Å². The number of carbonyl (C=O) groups is 1. The monoisotopic (exact) mass is 386 g/mol. The first-order valence-electron chi connectivity index (χ1n) is 9.34. The predicted octanol–water partition coefficient (Wildman–Crippen LogP) is 3.23. The minimum absolute atomic E-state index is 0.0115. The molecule has 0 spiro atoms. The van der Waals surface area contributed by atoms with E-state index in [1.54, 1.807) is 18.3 Å². The molecule has 3 aromatic heterocycles. The third kappa shape index (κ3) is 3.71. The second-order valence-corrected chi connectivity index (χ2v) is 7.26. The highest BCUT2D eigenvalue weighted by Gasteiger charge is 2.12. The number of benzene rings is 1. The minimum atomic E-state index is -0.0115. The van der Waals surface area contributed by atoms with Gasteiger partial charge in [0.25, 0.3) is 0 Å². The van der Waals surface area contributed by atoms with Crippen molar-refractivity contribution in [1.29, 1.82) is 0 Å². The van der Waals surface area contributed by atoms with Gasteiger partial charge in [0.05, 0.1) is 29.5 Å². The van der Waals surface area contributed by atoms with Crippen LogP contribution in [-0.4, -0.2) is 44.6 Å². The fraction of sp³-hybridized carbons (Fsp3) is 0.227. The van der Waals surface area contributed by atoms with Gasteiger partial charge in [-0.25, -0.2) is 9.97 Å². The van der Waals surface area contributed by atoms with Gasteiger partial charge >= 0.3 is 0 Å². The van der Waals surface area contributed by atoms with Gasteiger partial charge < -0.3 is 9.47 Å². The van der Waals surface area contributed by atoms with Crippen LogP contribution in [0.2, 0.25) is 0 Å². The van der Waals surface area contributed by atoms with E-state index in [2.05, 4.69) is 26.2 Å². The highest BCUT2D eigenvalue weighted by molar-refractivity contribution is 5.98. The van der Waals surface area contributed by atoms with E-state index in [1.807, 2.05) is 61.9 Å². The Hall–Kier alpha value is -3.61. The van der Waals surface area contributed by atoms with Crippen molar-refractivity contribution >= 4 is 22.5 Å². The number of pyridine rings is 1. The van der Waals surface area contributed by atoms with Gasteiger partial charge in [0.2, 0.25) is 0 Å². The Bertz CT molecular complexity index is 1210. The summed E-state index contributed by atoms with van der Waals surface area (Å²) in [6.07, 6.45) is 3.70. The Kier molecular flexibility index (Phi) is 4.80. The van der Waals surface area contributed by atoms with Gasteiger partial charge in [0.1, 0.15) is 11.6 Å². The molecule has 146 valence electrons. The molecule has 0 fully saturated rings. The summed E-state index contributed by atoms with van der Waals surface area (Å²) < 4.78 is 2.05. The lowest BCUT2D eigenvalue weighted by atomic mass is 10.0. The van der Waals surface area contributed by atoms with E-state index >= 15 is 0 Å². The second kappa shape index (κ2) is 7.43. The normalized spacial score (nSPS) is 11.0. The molecule has 0 unspecified atom stereocenters. The molecule has 0 saturated heterocycles. The summed E-state index contributed by atoms with van der Waals surface area (Å²) in [5.74, 6) is 1.69. The summed E-state index contributed by atoms with van der Waals surface area (Å²) in [5, 5.41) is 9.48. The number of imidazole rings is 1. The van der Waals surface area contributed by atoms with Crippen LogP contribution in [0.25, 0.3) is 22.2 Å². The summed E-state index contributed by atoms with van der Waals surface area (Å²) >= 11 is 0. The van der Waals surface area contributed by atoms with Crippen LogP contribution >= 0.6 is 0 Å². The zero-order valence-corrected chi connectivity index (χ0v) is 16.9. The molecule has 0 aliphatic carbocycles. The van der Waals surface area contributed by atoms with Gasteiger partial charge in [-0.1, -0.05) is 6.07 Å². The SMILES string of the molecule is Cc1ncc(-c2ccc3nnc(CC(=O)c4ccnc(N(C)C)c4)cc3c2)n1C. The average Bonchev–Trinajstić information content (AvgIpc) is 3.06. The molecule has 29 heavy (non-hydrogen) atoms. The molecule has 0 radical (unpaired) electrons. The molecule has 0 aliphatic rings. The largest absolute Gasteiger partial charge is 0.363 e. The second-order valence-electron chi connectivity index (χ2n) is 7.26. The number of hydrogen-bond donors (Lipinski definition) is 0. The van der Waals surface area contributed by atoms with Crippen LogP contribution < -0.4 is 4.90 Å². The summed E-state index contributed by atoms with van der Waals surface area (Å²) in [6, 6.07) is 11.5. The van der Waals surface area contributed by atoms with Crippen molar-refractivity contribution < 1.29 is 4.79 Å². The Morgan fingerprint density at radius 1 is 1.07 bits per heavy atom. The van der Waals surface area contributed by atoms with E-state index in [4.69, 9.17) is 0 Å². The van der Waals surface area contributed by atoms with Crippen LogP contribution in [0.15, 0.2) is 48.8 Å². The third-order valence-electron chi connectivity index (χ3n) is 5.02. The van der Waals surface area contributed by atoms with Crippen molar-refractivity contribution in [1.82, 2.24) is 24.7 Å². The van der Waals surface area contributed by atoms with E-state index in [9.17, 15) is 4.79 Å². The zero-order chi connectivity index (χ0) is 20.5. The molecule has 0 aliphatic heterocycles. The molecule has 0 atom stereocenters. The van der Waals surface area contributed by atoms with Gasteiger partial charge in [-0.15, -0.1) is 0 Å². The van der Waals surface area contributed by atoms with Crippen LogP contribution in [0.3, 0.4) is 0 Å². The number of carbonyl (C=O) groups excluding carboxylic acids is 1. The number of hydrogen-bond acceptors (Lipinski definition) is 6. The van der Waals surface area contributed by atoms with Gasteiger partial charge in [0, 0.05) is 43.9 Å². The summed E-state index contributed by atoms with van der Waals surface area (Å²) in [7, 11) is 5.78. The van der Waals surface area contributed by atoms with Crippen molar-refractivity contribution in [3.63, 3.8) is 0 Å². The van der Waals surface area contributed by atoms with Crippen molar-refractivity contribution in [2.75, 3.05) is 19.0 Å². The fourth-order valence-electron chi connectivity index (χ4n) is 3.21. The first-order valence-corrected chi connectivity index (χ1v) is 9.34. The number of aryl methyl sites for hydroxylation is 1. The van der Waals surface area contributed by atoms with Crippen molar-refractivity contribution in [2.45, 2.75) is 13.3 Å². The van der Waals surface area contributed by atoms with E-state index < -0.39 is 0 Å². The maximum Gasteiger partial charge on any atom is 0.169 e. The lowest BCUT2D eigenvalue weighted by Crippen LogP contribution is -2.12. The van der Waals surface area contributed by atoms with Gasteiger partial charge in [-0.2, -0.15) is 10.2 Å². The molecule has 0 N–H and O–H groups in total. The van der Waals surface area contributed by atoms with Crippen LogP contribution in [0.5, 0.6) is 0 Å². The highest BCUT2D eigenvalue weighted by Crippen LogP contribution is 2.24. The maximum atomic E-state index is 12.7. The number of rotatable bonds is 5. The Labute approximate surface area is 169 Å². The molecule has 7 heteroatoms. The van der Waals surface area contributed by atoms with Crippen LogP contribution in [0.4, 0.5) is 5.82 Å². The lowest BCUT2D eigenvalue weighted by molar-refractivity contribution is 0.0991. The predicted molar refractivity (Wildman–Crippen MR) is 113 cm³/mol. The lowest BCUT2D eigenvalue weighted by Gasteiger charge is -2.11. The van der Waals surface area contributed by atoms with Gasteiger partial charge in [0.15, 0.2) is 5.78 Å². The number of fused-ring (bicyclic) bond motifs is 1. The molecular formula is C22H22N6O. The maximum absolute atomic E-state index is 12.7. The third-order valence-corrected chi connectivity index (χ3v) is 5.02. The Morgan fingerprint density at radius 2 is 1.90 bits per heavy atom. The quantitative estimate of drug-likeness (QED) is 0.490. The van der Waals surface area contributed by atoms with E-state index in [0.29, 0.717) is 11.3 Å². The molecule has 4 aromatic rings. The molecule has 3 heterocycles. The van der Waals surface area contributed by atoms with Crippen molar-refractivity contribution in [2.24, 2.45) is 7.05 Å². The average molecular weight is 386 g/mol. The molecule has 1 aromatic carbocycles. The molecule has 4 rings (SSSR count). The highest BCUT2D eigenvalue weighted by atomic mass is 16.1. The van der Waals surface area contributed by atoms with Crippen LogP contribution in [0, 0.1) is 6.92 Å². The minimum Gasteiger partial charge on any atom is -0.363 e. The van der Waals surface area contributed by atoms with Crippen LogP contribution in [-0.2, 0) is 13.5 Å². The topological polar surface area (TPSA) is 76.8 Å². The van der Waals surface area contributed by atoms with E-state index in [-0.39, 0.29) is 12.2 Å². The van der Waals surface area contributed by atoms with Crippen molar-refractivity contribution in [3.8, 4) is 11.3 Å². The number of nitrogens with zero attached hydrogens (tertiary/aromatic N) is 6. The summed E-state index contributed by atoms with van der Waals surface area (Å²) in [6.45, 7) is 1.97. The Balaban J connectivity index is 1.63. The van der Waals surface area contributed by atoms with Gasteiger partial charge in [-0.05, 0) is 37.3 Å². The number of ketones is 1. The van der Waals surface area contributed by atoms with Crippen molar-refractivity contribution in [3.05, 3.63) is 65.9 Å². The smallest absolute Gasteiger partial charge is 0.169 e. The number of anilines is 1. The molecule has 0 amide bonds. The molecule has 7 nitrogen and oxygen atoms in total. The van der Waals surface area contributed by atoms with Gasteiger partial charge in [-0.3, -0.25) is 4.79 Å². The zero-order valence-electron chi connectivity index (χ0n) is 16.9. The fourth-order valence-corrected chi connectivity index (χ4v) is 3.21. The molecule has 0 saturated carbocycles. The number of Topliss-reactive ketones (excluding diaryl/α,β-unsaturated/α-hetero) is 1. The van der Waals surface area contributed by atoms with E-state index in [0.717, 1.165) is 33.8 Å². The Morgan fingerprint density at radius 3 is 2.62 bits per heavy atom. The summed E-state index contributed by atoms with van der Waals surface area (Å²) in [5.41, 5.74) is 4.14. The molecule has 0 bridgehead atoms. The molecular weight excluding hydrogens is 364 g/mol. The standard InChI is InChI=1S/C22H22N6O/c1-14-24-13-20(28(14)4)15-5-6-19-17(9-15)10-18(25-26-19)12-21(29)16-7-8-23-22(11-16)27(2)3/h5-11,13H,12H2,1-4H3. The first kappa shape index (κ1) is 18.7. The number of aromatic nitrogens is 5. The van der Waals surface area contributed by atoms with Crippen LogP contribution in [0.1, 0.15) is 21.9 Å². The first-order chi connectivity index (χ1) is 13.9. The summed E-state index contributed by atoms with van der Waals surface area (Å²) in [4.78, 5) is 23.2.